The molecular weight excluding hydrogens is 207 g/mol. The Morgan fingerprint density at radius 2 is 2.00 bits per heavy atom. The molecule has 0 bridgehead atoms. The topological polar surface area (TPSA) is 26.9 Å². The average molecular weight is 212 g/mol. The first-order valence-corrected chi connectivity index (χ1v) is 3.66. The second-order valence-corrected chi connectivity index (χ2v) is 2.90. The summed E-state index contributed by atoms with van der Waals surface area (Å²) in [5.74, 6) is 0. The van der Waals surface area contributed by atoms with Gasteiger partial charge in [-0.25, -0.2) is 0 Å². The molecule has 6 heteroatoms. The second-order valence-electron chi connectivity index (χ2n) is 2.52. The normalized spacial score (nSPS) is 11.8. The van der Waals surface area contributed by atoms with Gasteiger partial charge in [0.15, 0.2) is 6.20 Å². The van der Waals surface area contributed by atoms with Gasteiger partial charge in [0.2, 0.25) is 0 Å². The number of alkyl halides is 3. The van der Waals surface area contributed by atoms with Crippen molar-refractivity contribution >= 4 is 11.6 Å². The highest BCUT2D eigenvalue weighted by Crippen LogP contribution is 2.31. The Morgan fingerprint density at radius 3 is 2.46 bits per heavy atom. The van der Waals surface area contributed by atoms with Crippen molar-refractivity contribution in [2.75, 3.05) is 0 Å². The summed E-state index contributed by atoms with van der Waals surface area (Å²) in [4.78, 5) is 0. The minimum atomic E-state index is -4.51. The van der Waals surface area contributed by atoms with Crippen molar-refractivity contribution in [2.24, 2.45) is 0 Å². The molecule has 0 saturated carbocycles. The van der Waals surface area contributed by atoms with E-state index in [4.69, 9.17) is 11.6 Å². The van der Waals surface area contributed by atoms with E-state index in [1.807, 2.05) is 0 Å². The number of aryl methyl sites for hydroxylation is 1. The Kier molecular flexibility index (Phi) is 2.38. The van der Waals surface area contributed by atoms with Gasteiger partial charge in [-0.3, -0.25) is 0 Å². The van der Waals surface area contributed by atoms with Gasteiger partial charge in [0.05, 0.1) is 0 Å². The molecule has 0 unspecified atom stereocenters. The molecule has 1 aromatic heterocycles. The quantitative estimate of drug-likeness (QED) is 0.368. The van der Waals surface area contributed by atoms with Crippen LogP contribution in [0.5, 0.6) is 0 Å². The molecule has 2 nitrogen and oxygen atoms in total. The molecule has 0 aliphatic heterocycles. The van der Waals surface area contributed by atoms with Crippen molar-refractivity contribution in [1.82, 2.24) is 0 Å². The van der Waals surface area contributed by atoms with E-state index in [1.54, 1.807) is 0 Å². The van der Waals surface area contributed by atoms with Gasteiger partial charge >= 0.3 is 6.18 Å². The molecule has 0 aliphatic carbocycles. The highest BCUT2D eigenvalue weighted by atomic mass is 35.5. The van der Waals surface area contributed by atoms with Crippen LogP contribution >= 0.6 is 11.6 Å². The van der Waals surface area contributed by atoms with Gasteiger partial charge in [0.25, 0.3) is 5.15 Å². The highest BCUT2D eigenvalue weighted by molar-refractivity contribution is 6.28. The fourth-order valence-electron chi connectivity index (χ4n) is 0.898. The summed E-state index contributed by atoms with van der Waals surface area (Å²) in [6, 6.07) is 0.984. The number of hydrogen-bond donors (Lipinski definition) is 0. The molecule has 0 aromatic carbocycles. The Bertz CT molecular complexity index is 337. The number of hydrogen-bond acceptors (Lipinski definition) is 1. The van der Waals surface area contributed by atoms with E-state index in [2.05, 4.69) is 0 Å². The molecule has 0 spiro atoms. The van der Waals surface area contributed by atoms with Gasteiger partial charge in [-0.1, -0.05) is 0 Å². The van der Waals surface area contributed by atoms with Crippen LogP contribution in [0.15, 0.2) is 12.3 Å². The Morgan fingerprint density at radius 1 is 1.46 bits per heavy atom. The van der Waals surface area contributed by atoms with Gasteiger partial charge in [0.1, 0.15) is 5.56 Å². The molecule has 1 aromatic rings. The molecule has 0 atom stereocenters. The van der Waals surface area contributed by atoms with Crippen molar-refractivity contribution < 1.29 is 17.9 Å². The van der Waals surface area contributed by atoms with E-state index in [9.17, 15) is 18.4 Å². The third kappa shape index (κ3) is 2.03. The molecular formula is C7H5ClF3NO. The summed E-state index contributed by atoms with van der Waals surface area (Å²) < 4.78 is 36.5. The van der Waals surface area contributed by atoms with Gasteiger partial charge in [-0.05, 0) is 24.1 Å². The third-order valence-electron chi connectivity index (χ3n) is 1.52. The number of pyridine rings is 1. The first-order chi connectivity index (χ1) is 5.82. The van der Waals surface area contributed by atoms with Gasteiger partial charge in [-0.2, -0.15) is 17.9 Å². The van der Waals surface area contributed by atoms with Gasteiger partial charge < -0.3 is 5.21 Å². The summed E-state index contributed by atoms with van der Waals surface area (Å²) in [5, 5.41) is 10.5. The van der Waals surface area contributed by atoms with Crippen LogP contribution < -0.4 is 4.73 Å². The van der Waals surface area contributed by atoms with Crippen molar-refractivity contribution in [3.8, 4) is 0 Å². The maximum absolute atomic E-state index is 12.2. The fraction of sp³-hybridized carbons (Fsp3) is 0.286. The standard InChI is InChI=1S/C7H5ClF3NO/c1-4-2-6(8)12(13)3-5(4)7(9,10)11/h2-3H,1H3. The van der Waals surface area contributed by atoms with Crippen molar-refractivity contribution in [3.05, 3.63) is 33.8 Å². The van der Waals surface area contributed by atoms with Crippen molar-refractivity contribution in [1.29, 1.82) is 0 Å². The summed E-state index contributed by atoms with van der Waals surface area (Å²) in [5.41, 5.74) is -1.03. The number of nitrogens with zero attached hydrogens (tertiary/aromatic N) is 1. The first-order valence-electron chi connectivity index (χ1n) is 3.29. The lowest BCUT2D eigenvalue weighted by molar-refractivity contribution is -0.604. The van der Waals surface area contributed by atoms with Crippen LogP contribution in [0.2, 0.25) is 5.15 Å². The molecule has 13 heavy (non-hydrogen) atoms. The molecule has 1 heterocycles. The minimum absolute atomic E-state index is 0.0165. The number of rotatable bonds is 0. The fourth-order valence-corrected chi connectivity index (χ4v) is 1.11. The molecule has 0 saturated heterocycles. The molecule has 72 valence electrons. The summed E-state index contributed by atoms with van der Waals surface area (Å²) >= 11 is 5.32. The zero-order valence-electron chi connectivity index (χ0n) is 6.52. The van der Waals surface area contributed by atoms with Crippen LogP contribution in [0.4, 0.5) is 13.2 Å². The average Bonchev–Trinajstić information content (AvgIpc) is 1.94. The summed E-state index contributed by atoms with van der Waals surface area (Å²) in [6.45, 7) is 1.24. The van der Waals surface area contributed by atoms with Crippen LogP contribution in [0.3, 0.4) is 0 Å². The third-order valence-corrected chi connectivity index (χ3v) is 1.80. The summed E-state index contributed by atoms with van der Waals surface area (Å²) in [7, 11) is 0. The minimum Gasteiger partial charge on any atom is -0.618 e. The second kappa shape index (κ2) is 3.06. The maximum Gasteiger partial charge on any atom is 0.422 e. The molecule has 0 amide bonds. The van der Waals surface area contributed by atoms with Gasteiger partial charge in [-0.15, -0.1) is 0 Å². The molecule has 0 fully saturated rings. The van der Waals surface area contributed by atoms with Gasteiger partial charge in [0, 0.05) is 6.07 Å². The van der Waals surface area contributed by atoms with Crippen LogP contribution in [-0.2, 0) is 6.18 Å². The Balaban J connectivity index is 3.32. The summed E-state index contributed by atoms with van der Waals surface area (Å²) in [6.07, 6.45) is -4.08. The molecule has 0 N–H and O–H groups in total. The van der Waals surface area contributed by atoms with Crippen molar-refractivity contribution in [3.63, 3.8) is 0 Å². The predicted octanol–water partition coefficient (Wildman–Crippen LogP) is 2.30. The van der Waals surface area contributed by atoms with Crippen LogP contribution in [0.25, 0.3) is 0 Å². The number of halogens is 4. The Labute approximate surface area is 77.1 Å². The van der Waals surface area contributed by atoms with E-state index in [1.165, 1.54) is 6.92 Å². The predicted molar refractivity (Wildman–Crippen MR) is 40.2 cm³/mol. The zero-order chi connectivity index (χ0) is 10.2. The highest BCUT2D eigenvalue weighted by Gasteiger charge is 2.35. The van der Waals surface area contributed by atoms with Crippen LogP contribution in [0, 0.1) is 12.1 Å². The van der Waals surface area contributed by atoms with E-state index in [0.29, 0.717) is 6.20 Å². The van der Waals surface area contributed by atoms with E-state index in [0.717, 1.165) is 6.07 Å². The molecule has 0 aliphatic rings. The monoisotopic (exact) mass is 211 g/mol. The largest absolute Gasteiger partial charge is 0.618 e. The smallest absolute Gasteiger partial charge is 0.422 e. The van der Waals surface area contributed by atoms with E-state index >= 15 is 0 Å². The van der Waals surface area contributed by atoms with Crippen molar-refractivity contribution in [2.45, 2.75) is 13.1 Å². The first kappa shape index (κ1) is 10.1. The number of aromatic nitrogens is 1. The lowest BCUT2D eigenvalue weighted by atomic mass is 10.1. The van der Waals surface area contributed by atoms with Crippen LogP contribution in [0.1, 0.15) is 11.1 Å². The lowest BCUT2D eigenvalue weighted by Crippen LogP contribution is -2.30. The molecule has 0 radical (unpaired) electrons. The lowest BCUT2D eigenvalue weighted by Gasteiger charge is -2.09. The maximum atomic E-state index is 12.2. The SMILES string of the molecule is Cc1cc(Cl)[n+]([O-])cc1C(F)(F)F. The molecule has 1 rings (SSSR count). The van der Waals surface area contributed by atoms with E-state index in [-0.39, 0.29) is 15.4 Å². The van der Waals surface area contributed by atoms with Crippen LogP contribution in [-0.4, -0.2) is 0 Å². The zero-order valence-corrected chi connectivity index (χ0v) is 7.28. The van der Waals surface area contributed by atoms with E-state index < -0.39 is 11.7 Å². The Hall–Kier alpha value is -0.970.